The Morgan fingerprint density at radius 3 is 2.65 bits per heavy atom. The van der Waals surface area contributed by atoms with Gasteiger partial charge in [-0.25, -0.2) is 8.42 Å². The number of aryl methyl sites for hydroxylation is 2. The number of sulfonamides is 1. The topological polar surface area (TPSA) is 74.7 Å². The highest BCUT2D eigenvalue weighted by atomic mass is 32.2. The third-order valence-electron chi connectivity index (χ3n) is 3.82. The number of carbonyl (C=O) groups is 1. The van der Waals surface area contributed by atoms with Crippen LogP contribution in [0.3, 0.4) is 0 Å². The van der Waals surface area contributed by atoms with E-state index in [0.717, 1.165) is 11.1 Å². The van der Waals surface area contributed by atoms with Gasteiger partial charge in [-0.15, -0.1) is 0 Å². The highest BCUT2D eigenvalue weighted by molar-refractivity contribution is 7.89. The number of carboxylic acids is 1. The maximum absolute atomic E-state index is 12.6. The van der Waals surface area contributed by atoms with Crippen LogP contribution in [0.15, 0.2) is 23.1 Å². The standard InChI is InChI=1S/C14H19NO4S/c1-10-5-6-13(8-11(10)2)20(18,19)15-7-3-4-12(15)9-14(16)17/h5-6,8,12H,3-4,7,9H2,1-2H3,(H,16,17). The minimum Gasteiger partial charge on any atom is -0.481 e. The van der Waals surface area contributed by atoms with Crippen LogP contribution < -0.4 is 0 Å². The molecule has 0 spiro atoms. The third kappa shape index (κ3) is 2.86. The smallest absolute Gasteiger partial charge is 0.304 e. The lowest BCUT2D eigenvalue weighted by Crippen LogP contribution is -2.36. The van der Waals surface area contributed by atoms with Gasteiger partial charge in [0, 0.05) is 12.6 Å². The second-order valence-corrected chi connectivity index (χ2v) is 7.15. The quantitative estimate of drug-likeness (QED) is 0.921. The van der Waals surface area contributed by atoms with E-state index in [2.05, 4.69) is 0 Å². The number of benzene rings is 1. The van der Waals surface area contributed by atoms with E-state index in [-0.39, 0.29) is 11.3 Å². The lowest BCUT2D eigenvalue weighted by Gasteiger charge is -2.23. The molecule has 1 aromatic carbocycles. The van der Waals surface area contributed by atoms with Crippen LogP contribution in [-0.4, -0.2) is 36.4 Å². The molecule has 0 aromatic heterocycles. The van der Waals surface area contributed by atoms with Crippen molar-refractivity contribution in [2.75, 3.05) is 6.54 Å². The zero-order valence-electron chi connectivity index (χ0n) is 11.7. The van der Waals surface area contributed by atoms with Crippen LogP contribution in [0.5, 0.6) is 0 Å². The zero-order chi connectivity index (χ0) is 14.9. The molecule has 0 radical (unpaired) electrons. The molecule has 1 aromatic rings. The summed E-state index contributed by atoms with van der Waals surface area (Å²) in [6.45, 7) is 4.19. The summed E-state index contributed by atoms with van der Waals surface area (Å²) in [4.78, 5) is 11.1. The molecule has 5 nitrogen and oxygen atoms in total. The first kappa shape index (κ1) is 15.0. The summed E-state index contributed by atoms with van der Waals surface area (Å²) in [6, 6.07) is 4.60. The van der Waals surface area contributed by atoms with Gasteiger partial charge in [0.2, 0.25) is 10.0 Å². The van der Waals surface area contributed by atoms with Crippen LogP contribution in [0.2, 0.25) is 0 Å². The SMILES string of the molecule is Cc1ccc(S(=O)(=O)N2CCCC2CC(=O)O)cc1C. The lowest BCUT2D eigenvalue weighted by molar-refractivity contribution is -0.137. The Bertz CT molecular complexity index is 624. The molecular weight excluding hydrogens is 278 g/mol. The minimum absolute atomic E-state index is 0.135. The van der Waals surface area contributed by atoms with Crippen LogP contribution >= 0.6 is 0 Å². The van der Waals surface area contributed by atoms with Gasteiger partial charge in [0.05, 0.1) is 11.3 Å². The fourth-order valence-corrected chi connectivity index (χ4v) is 4.32. The molecule has 0 bridgehead atoms. The van der Waals surface area contributed by atoms with E-state index in [0.29, 0.717) is 19.4 Å². The van der Waals surface area contributed by atoms with Crippen molar-refractivity contribution in [1.82, 2.24) is 4.31 Å². The Labute approximate surface area is 119 Å². The predicted octanol–water partition coefficient (Wildman–Crippen LogP) is 1.93. The highest BCUT2D eigenvalue weighted by Gasteiger charge is 2.36. The molecule has 20 heavy (non-hydrogen) atoms. The van der Waals surface area contributed by atoms with Crippen LogP contribution in [-0.2, 0) is 14.8 Å². The van der Waals surface area contributed by atoms with Gasteiger partial charge in [0.1, 0.15) is 0 Å². The number of hydrogen-bond donors (Lipinski definition) is 1. The summed E-state index contributed by atoms with van der Waals surface area (Å²) in [5.74, 6) is -0.961. The van der Waals surface area contributed by atoms with Crippen molar-refractivity contribution in [2.24, 2.45) is 0 Å². The summed E-state index contributed by atoms with van der Waals surface area (Å²) in [5, 5.41) is 8.89. The van der Waals surface area contributed by atoms with E-state index < -0.39 is 22.0 Å². The molecular formula is C14H19NO4S. The van der Waals surface area contributed by atoms with Crippen molar-refractivity contribution in [2.45, 2.75) is 44.0 Å². The molecule has 1 atom stereocenters. The van der Waals surface area contributed by atoms with Gasteiger partial charge in [-0.2, -0.15) is 4.31 Å². The monoisotopic (exact) mass is 297 g/mol. The van der Waals surface area contributed by atoms with Crippen molar-refractivity contribution in [3.63, 3.8) is 0 Å². The predicted molar refractivity (Wildman–Crippen MR) is 75.1 cm³/mol. The van der Waals surface area contributed by atoms with Crippen molar-refractivity contribution >= 4 is 16.0 Å². The van der Waals surface area contributed by atoms with E-state index in [9.17, 15) is 13.2 Å². The van der Waals surface area contributed by atoms with Gasteiger partial charge in [0.15, 0.2) is 0 Å². The average molecular weight is 297 g/mol. The Morgan fingerprint density at radius 2 is 2.05 bits per heavy atom. The first-order valence-corrected chi connectivity index (χ1v) is 8.07. The summed E-state index contributed by atoms with van der Waals surface area (Å²) < 4.78 is 26.6. The maximum Gasteiger partial charge on any atom is 0.304 e. The third-order valence-corrected chi connectivity index (χ3v) is 5.77. The minimum atomic E-state index is -3.60. The first-order chi connectivity index (χ1) is 9.32. The van der Waals surface area contributed by atoms with E-state index >= 15 is 0 Å². The number of aliphatic carboxylic acids is 1. The Balaban J connectivity index is 2.33. The second kappa shape index (κ2) is 5.54. The van der Waals surface area contributed by atoms with Crippen LogP contribution in [0.4, 0.5) is 0 Å². The van der Waals surface area contributed by atoms with Gasteiger partial charge in [-0.1, -0.05) is 6.07 Å². The summed E-state index contributed by atoms with van der Waals surface area (Å²) in [5.41, 5.74) is 1.95. The number of rotatable bonds is 4. The van der Waals surface area contributed by atoms with Gasteiger partial charge >= 0.3 is 5.97 Å². The second-order valence-electron chi connectivity index (χ2n) is 5.26. The van der Waals surface area contributed by atoms with Gasteiger partial charge < -0.3 is 5.11 Å². The van der Waals surface area contributed by atoms with E-state index in [1.54, 1.807) is 18.2 Å². The molecule has 1 aliphatic rings. The van der Waals surface area contributed by atoms with E-state index in [4.69, 9.17) is 5.11 Å². The van der Waals surface area contributed by atoms with Gasteiger partial charge in [0.25, 0.3) is 0 Å². The molecule has 1 saturated heterocycles. The van der Waals surface area contributed by atoms with Crippen LogP contribution in [0.1, 0.15) is 30.4 Å². The van der Waals surface area contributed by atoms with Crippen molar-refractivity contribution in [3.05, 3.63) is 29.3 Å². The highest BCUT2D eigenvalue weighted by Crippen LogP contribution is 2.28. The van der Waals surface area contributed by atoms with Crippen molar-refractivity contribution in [3.8, 4) is 0 Å². The van der Waals surface area contributed by atoms with E-state index in [1.165, 1.54) is 4.31 Å². The van der Waals surface area contributed by atoms with Gasteiger partial charge in [-0.3, -0.25) is 4.79 Å². The Kier molecular flexibility index (Phi) is 4.15. The van der Waals surface area contributed by atoms with Crippen LogP contribution in [0.25, 0.3) is 0 Å². The molecule has 1 heterocycles. The largest absolute Gasteiger partial charge is 0.481 e. The molecule has 2 rings (SSSR count). The fourth-order valence-electron chi connectivity index (χ4n) is 2.54. The lowest BCUT2D eigenvalue weighted by atomic mass is 10.1. The summed E-state index contributed by atoms with van der Waals surface area (Å²) in [7, 11) is -3.60. The average Bonchev–Trinajstić information content (AvgIpc) is 2.80. The first-order valence-electron chi connectivity index (χ1n) is 6.63. The Hall–Kier alpha value is -1.40. The molecule has 1 aliphatic heterocycles. The normalized spacial score (nSPS) is 20.2. The number of hydrogen-bond acceptors (Lipinski definition) is 3. The molecule has 1 N–H and O–H groups in total. The van der Waals surface area contributed by atoms with Gasteiger partial charge in [-0.05, 0) is 49.9 Å². The number of nitrogens with zero attached hydrogens (tertiary/aromatic N) is 1. The molecule has 0 saturated carbocycles. The molecule has 0 aliphatic carbocycles. The molecule has 6 heteroatoms. The Morgan fingerprint density at radius 1 is 1.35 bits per heavy atom. The van der Waals surface area contributed by atoms with E-state index in [1.807, 2.05) is 13.8 Å². The fraction of sp³-hybridized carbons (Fsp3) is 0.500. The molecule has 110 valence electrons. The zero-order valence-corrected chi connectivity index (χ0v) is 12.5. The molecule has 0 amide bonds. The molecule has 1 fully saturated rings. The summed E-state index contributed by atoms with van der Waals surface area (Å²) >= 11 is 0. The van der Waals surface area contributed by atoms with Crippen LogP contribution in [0, 0.1) is 13.8 Å². The van der Waals surface area contributed by atoms with Crippen molar-refractivity contribution < 1.29 is 18.3 Å². The van der Waals surface area contributed by atoms with Crippen molar-refractivity contribution in [1.29, 1.82) is 0 Å². The molecule has 1 unspecified atom stereocenters. The number of carboxylic acid groups (broad SMARTS) is 1. The maximum atomic E-state index is 12.6. The summed E-state index contributed by atoms with van der Waals surface area (Å²) in [6.07, 6.45) is 1.18.